The van der Waals surface area contributed by atoms with E-state index in [0.717, 1.165) is 33.0 Å². The molecule has 2 amide bonds. The van der Waals surface area contributed by atoms with E-state index in [4.69, 9.17) is 9.47 Å². The van der Waals surface area contributed by atoms with Gasteiger partial charge in [0.05, 0.1) is 18.1 Å². The van der Waals surface area contributed by atoms with E-state index in [9.17, 15) is 14.4 Å². The van der Waals surface area contributed by atoms with Crippen LogP contribution in [0.1, 0.15) is 19.4 Å². The highest BCUT2D eigenvalue weighted by atomic mass is 32.2. The monoisotopic (exact) mass is 385 g/mol. The number of benzene rings is 2. The maximum Gasteiger partial charge on any atom is 0.326 e. The fraction of sp³-hybridized carbons (Fsp3) is 0.250. The molecule has 0 atom stereocenters. The van der Waals surface area contributed by atoms with Crippen LogP contribution in [0.25, 0.3) is 16.8 Å². The smallest absolute Gasteiger partial charge is 0.326 e. The second-order valence-electron chi connectivity index (χ2n) is 5.70. The molecule has 1 saturated heterocycles. The zero-order valence-electron chi connectivity index (χ0n) is 15.1. The van der Waals surface area contributed by atoms with Crippen LogP contribution in [0.5, 0.6) is 5.75 Å². The lowest BCUT2D eigenvalue weighted by molar-refractivity contribution is -0.145. The van der Waals surface area contributed by atoms with Crippen molar-refractivity contribution in [3.8, 4) is 5.75 Å². The topological polar surface area (TPSA) is 72.9 Å². The molecule has 3 rings (SSSR count). The zero-order chi connectivity index (χ0) is 19.4. The van der Waals surface area contributed by atoms with Gasteiger partial charge < -0.3 is 9.47 Å². The van der Waals surface area contributed by atoms with Gasteiger partial charge in [-0.15, -0.1) is 0 Å². The van der Waals surface area contributed by atoms with Gasteiger partial charge >= 0.3 is 5.97 Å². The summed E-state index contributed by atoms with van der Waals surface area (Å²) in [5.74, 6) is -0.483. The van der Waals surface area contributed by atoms with Crippen LogP contribution in [-0.2, 0) is 14.3 Å². The lowest BCUT2D eigenvalue weighted by atomic mass is 10.0. The van der Waals surface area contributed by atoms with E-state index >= 15 is 0 Å². The fourth-order valence-corrected chi connectivity index (χ4v) is 3.63. The van der Waals surface area contributed by atoms with Crippen LogP contribution in [0.15, 0.2) is 41.3 Å². The molecule has 0 saturated carbocycles. The van der Waals surface area contributed by atoms with Crippen molar-refractivity contribution in [2.75, 3.05) is 19.8 Å². The highest BCUT2D eigenvalue weighted by Crippen LogP contribution is 2.36. The molecule has 140 valence electrons. The summed E-state index contributed by atoms with van der Waals surface area (Å²) < 4.78 is 10.5. The Hall–Kier alpha value is -2.80. The van der Waals surface area contributed by atoms with E-state index < -0.39 is 17.1 Å². The van der Waals surface area contributed by atoms with E-state index in [1.165, 1.54) is 0 Å². The molecule has 0 spiro atoms. The molecule has 0 bridgehead atoms. The average molecular weight is 385 g/mol. The van der Waals surface area contributed by atoms with E-state index in [1.807, 2.05) is 43.3 Å². The second kappa shape index (κ2) is 8.26. The number of fused-ring (bicyclic) bond motifs is 1. The summed E-state index contributed by atoms with van der Waals surface area (Å²) in [4.78, 5) is 37.6. The van der Waals surface area contributed by atoms with Gasteiger partial charge in [-0.25, -0.2) is 0 Å². The first-order chi connectivity index (χ1) is 13.0. The summed E-state index contributed by atoms with van der Waals surface area (Å²) in [6.45, 7) is 3.83. The minimum Gasteiger partial charge on any atom is -0.493 e. The molecule has 0 unspecified atom stereocenters. The van der Waals surface area contributed by atoms with E-state index in [0.29, 0.717) is 12.4 Å². The predicted molar refractivity (Wildman–Crippen MR) is 104 cm³/mol. The molecule has 0 aromatic heterocycles. The molecule has 1 fully saturated rings. The average Bonchev–Trinajstić information content (AvgIpc) is 2.91. The minimum atomic E-state index is -0.610. The van der Waals surface area contributed by atoms with Crippen molar-refractivity contribution in [3.05, 3.63) is 46.9 Å². The van der Waals surface area contributed by atoms with E-state index in [1.54, 1.807) is 13.0 Å². The Morgan fingerprint density at radius 3 is 2.63 bits per heavy atom. The first kappa shape index (κ1) is 19.0. The first-order valence-electron chi connectivity index (χ1n) is 8.60. The van der Waals surface area contributed by atoms with Crippen molar-refractivity contribution in [2.45, 2.75) is 13.8 Å². The van der Waals surface area contributed by atoms with Gasteiger partial charge in [-0.1, -0.05) is 30.3 Å². The SMILES string of the molecule is CCOC(=O)CN1C(=O)SC(=Cc2c(OCC)ccc3ccccc23)C1=O. The number of esters is 1. The van der Waals surface area contributed by atoms with Crippen molar-refractivity contribution in [1.29, 1.82) is 0 Å². The summed E-state index contributed by atoms with van der Waals surface area (Å²) in [5, 5.41) is 1.43. The number of carbonyl (C=O) groups excluding carboxylic acids is 3. The van der Waals surface area contributed by atoms with Gasteiger partial charge in [0.2, 0.25) is 0 Å². The Bertz CT molecular complexity index is 937. The Balaban J connectivity index is 1.99. The Kier molecular flexibility index (Phi) is 5.81. The Morgan fingerprint density at radius 1 is 1.11 bits per heavy atom. The van der Waals surface area contributed by atoms with Crippen LogP contribution in [0.3, 0.4) is 0 Å². The molecule has 1 aliphatic heterocycles. The molecule has 27 heavy (non-hydrogen) atoms. The van der Waals surface area contributed by atoms with Crippen LogP contribution >= 0.6 is 11.8 Å². The van der Waals surface area contributed by atoms with Crippen LogP contribution < -0.4 is 4.74 Å². The third-order valence-electron chi connectivity index (χ3n) is 3.97. The number of hydrogen-bond acceptors (Lipinski definition) is 6. The molecule has 1 aliphatic rings. The summed E-state index contributed by atoms with van der Waals surface area (Å²) >= 11 is 0.807. The largest absolute Gasteiger partial charge is 0.493 e. The molecule has 1 heterocycles. The fourth-order valence-electron chi connectivity index (χ4n) is 2.81. The minimum absolute atomic E-state index is 0.193. The highest BCUT2D eigenvalue weighted by Gasteiger charge is 2.36. The van der Waals surface area contributed by atoms with E-state index in [2.05, 4.69) is 0 Å². The van der Waals surface area contributed by atoms with E-state index in [-0.39, 0.29) is 18.1 Å². The van der Waals surface area contributed by atoms with Crippen molar-refractivity contribution >= 4 is 45.7 Å². The number of imide groups is 1. The van der Waals surface area contributed by atoms with Gasteiger partial charge in [0.1, 0.15) is 12.3 Å². The molecule has 2 aromatic carbocycles. The lowest BCUT2D eigenvalue weighted by Crippen LogP contribution is -2.34. The molecule has 7 heteroatoms. The number of amides is 2. The third kappa shape index (κ3) is 3.98. The van der Waals surface area contributed by atoms with Crippen molar-refractivity contribution in [3.63, 3.8) is 0 Å². The predicted octanol–water partition coefficient (Wildman–Crippen LogP) is 3.84. The summed E-state index contributed by atoms with van der Waals surface area (Å²) in [6, 6.07) is 11.5. The first-order valence-corrected chi connectivity index (χ1v) is 9.42. The van der Waals surface area contributed by atoms with Gasteiger partial charge in [0.15, 0.2) is 0 Å². The standard InChI is InChI=1S/C20H19NO5S/c1-3-25-16-10-9-13-7-5-6-8-14(13)15(16)11-17-19(23)21(20(24)27-17)12-18(22)26-4-2/h5-11H,3-4,12H2,1-2H3. The van der Waals surface area contributed by atoms with Crippen molar-refractivity contribution in [1.82, 2.24) is 4.90 Å². The molecule has 0 aliphatic carbocycles. The number of nitrogens with zero attached hydrogens (tertiary/aromatic N) is 1. The van der Waals surface area contributed by atoms with Crippen molar-refractivity contribution in [2.24, 2.45) is 0 Å². The second-order valence-corrected chi connectivity index (χ2v) is 6.70. The summed E-state index contributed by atoms with van der Waals surface area (Å²) in [5.41, 5.74) is 0.733. The molecular formula is C20H19NO5S. The van der Waals surface area contributed by atoms with Gasteiger partial charge in [-0.2, -0.15) is 0 Å². The number of rotatable bonds is 6. The van der Waals surface area contributed by atoms with Gasteiger partial charge in [0.25, 0.3) is 11.1 Å². The summed E-state index contributed by atoms with van der Waals surface area (Å²) in [6.07, 6.45) is 1.66. The number of thioether (sulfide) groups is 1. The van der Waals surface area contributed by atoms with Gasteiger partial charge in [0, 0.05) is 5.56 Å². The van der Waals surface area contributed by atoms with Gasteiger partial charge in [-0.05, 0) is 48.5 Å². The highest BCUT2D eigenvalue weighted by molar-refractivity contribution is 8.18. The quantitative estimate of drug-likeness (QED) is 0.556. The molecule has 0 radical (unpaired) electrons. The van der Waals surface area contributed by atoms with Gasteiger partial charge in [-0.3, -0.25) is 19.3 Å². The van der Waals surface area contributed by atoms with Crippen LogP contribution in [-0.4, -0.2) is 41.8 Å². The van der Waals surface area contributed by atoms with Crippen LogP contribution in [0, 0.1) is 0 Å². The number of ether oxygens (including phenoxy) is 2. The normalized spacial score (nSPS) is 15.6. The molecule has 0 N–H and O–H groups in total. The molecule has 6 nitrogen and oxygen atoms in total. The maximum atomic E-state index is 12.6. The van der Waals surface area contributed by atoms with Crippen LogP contribution in [0.2, 0.25) is 0 Å². The molecular weight excluding hydrogens is 366 g/mol. The van der Waals surface area contributed by atoms with Crippen LogP contribution in [0.4, 0.5) is 4.79 Å². The van der Waals surface area contributed by atoms with Crippen molar-refractivity contribution < 1.29 is 23.9 Å². The maximum absolute atomic E-state index is 12.6. The summed E-state index contributed by atoms with van der Waals surface area (Å²) in [7, 11) is 0. The zero-order valence-corrected chi connectivity index (χ0v) is 15.9. The number of hydrogen-bond donors (Lipinski definition) is 0. The number of carbonyl (C=O) groups is 3. The molecule has 2 aromatic rings. The lowest BCUT2D eigenvalue weighted by Gasteiger charge is -2.12. The Labute approximate surface area is 161 Å². The third-order valence-corrected chi connectivity index (χ3v) is 4.88. The Morgan fingerprint density at radius 2 is 1.89 bits per heavy atom.